The minimum Gasteiger partial charge on any atom is -0.492 e. The molecule has 0 saturated carbocycles. The molecule has 1 amide bonds. The average Bonchev–Trinajstić information content (AvgIpc) is 3.37. The highest BCUT2D eigenvalue weighted by Gasteiger charge is 2.36. The maximum atomic E-state index is 13.7. The predicted molar refractivity (Wildman–Crippen MR) is 143 cm³/mol. The number of nitrogens with one attached hydrogen (secondary N) is 1. The van der Waals surface area contributed by atoms with E-state index in [-0.39, 0.29) is 5.56 Å². The standard InChI is InChI=1S/C29H27FN6O3/c1-3-39-23-13-25(27-21(14-31)16-33-36(27)17-23)20-5-7-26(32-15-20)35-10-8-29(18-37,9-11-35)34-28(38)24-12-22(30)6-4-19(24)2/h4-7,12-13,15-18H,3,8-11H2,1-2H3,(H,34,38). The van der Waals surface area contributed by atoms with Crippen LogP contribution in [0.2, 0.25) is 0 Å². The smallest absolute Gasteiger partial charge is 0.252 e. The first-order valence-corrected chi connectivity index (χ1v) is 12.7. The molecule has 1 saturated heterocycles. The number of nitrogens with zero attached hydrogens (tertiary/aromatic N) is 5. The third-order valence-electron chi connectivity index (χ3n) is 7.09. The van der Waals surface area contributed by atoms with E-state index < -0.39 is 17.3 Å². The highest BCUT2D eigenvalue weighted by Crippen LogP contribution is 2.32. The zero-order valence-corrected chi connectivity index (χ0v) is 21.6. The molecule has 198 valence electrons. The number of nitriles is 1. The average molecular weight is 527 g/mol. The second-order valence-electron chi connectivity index (χ2n) is 9.57. The van der Waals surface area contributed by atoms with Crippen LogP contribution in [0.4, 0.5) is 10.2 Å². The Hall–Kier alpha value is -4.78. The molecular weight excluding hydrogens is 499 g/mol. The van der Waals surface area contributed by atoms with Crippen molar-refractivity contribution in [2.45, 2.75) is 32.2 Å². The minimum absolute atomic E-state index is 0.219. The Morgan fingerprint density at radius 2 is 2.03 bits per heavy atom. The van der Waals surface area contributed by atoms with Crippen molar-refractivity contribution in [1.29, 1.82) is 5.26 Å². The van der Waals surface area contributed by atoms with Crippen LogP contribution in [-0.4, -0.2) is 52.0 Å². The molecule has 0 unspecified atom stereocenters. The molecule has 0 atom stereocenters. The molecule has 0 spiro atoms. The molecule has 5 rings (SSSR count). The number of ether oxygens (including phenoxy) is 1. The van der Waals surface area contributed by atoms with Crippen LogP contribution in [0.3, 0.4) is 0 Å². The van der Waals surface area contributed by atoms with Crippen LogP contribution in [0.5, 0.6) is 5.75 Å². The SMILES string of the molecule is CCOc1cc(-c2ccc(N3CCC(C=O)(NC(=O)c4cc(F)ccc4C)CC3)nc2)c2c(C#N)cnn2c1. The van der Waals surface area contributed by atoms with Crippen molar-refractivity contribution in [3.63, 3.8) is 0 Å². The van der Waals surface area contributed by atoms with Crippen molar-refractivity contribution in [3.05, 3.63) is 77.5 Å². The number of rotatable bonds is 7. The van der Waals surface area contributed by atoms with Gasteiger partial charge in [-0.3, -0.25) is 4.79 Å². The summed E-state index contributed by atoms with van der Waals surface area (Å²) in [4.78, 5) is 31.7. The molecular formula is C29H27FN6O3. The van der Waals surface area contributed by atoms with Crippen LogP contribution in [0.15, 0.2) is 55.0 Å². The summed E-state index contributed by atoms with van der Waals surface area (Å²) >= 11 is 0. The fourth-order valence-electron chi connectivity index (χ4n) is 4.92. The van der Waals surface area contributed by atoms with Gasteiger partial charge in [-0.25, -0.2) is 13.9 Å². The van der Waals surface area contributed by atoms with Crippen molar-refractivity contribution < 1.29 is 18.7 Å². The lowest BCUT2D eigenvalue weighted by Crippen LogP contribution is -2.56. The molecule has 3 aromatic heterocycles. The molecule has 4 heterocycles. The Balaban J connectivity index is 1.33. The van der Waals surface area contributed by atoms with Gasteiger partial charge in [-0.1, -0.05) is 6.07 Å². The maximum absolute atomic E-state index is 13.7. The number of hydrogen-bond acceptors (Lipinski definition) is 7. The van der Waals surface area contributed by atoms with E-state index in [2.05, 4.69) is 26.4 Å². The van der Waals surface area contributed by atoms with Crippen molar-refractivity contribution in [1.82, 2.24) is 19.9 Å². The summed E-state index contributed by atoms with van der Waals surface area (Å²) in [6.45, 7) is 5.12. The fourth-order valence-corrected chi connectivity index (χ4v) is 4.92. The maximum Gasteiger partial charge on any atom is 0.252 e. The summed E-state index contributed by atoms with van der Waals surface area (Å²) in [6, 6.07) is 11.9. The number of fused-ring (bicyclic) bond motifs is 1. The highest BCUT2D eigenvalue weighted by atomic mass is 19.1. The Morgan fingerprint density at radius 1 is 1.23 bits per heavy atom. The summed E-state index contributed by atoms with van der Waals surface area (Å²) in [5.41, 5.74) is 2.53. The van der Waals surface area contributed by atoms with Crippen LogP contribution < -0.4 is 15.0 Å². The zero-order chi connectivity index (χ0) is 27.6. The van der Waals surface area contributed by atoms with Gasteiger partial charge in [-0.2, -0.15) is 10.4 Å². The number of carbonyl (C=O) groups excluding carboxylic acids is 2. The number of hydrogen-bond donors (Lipinski definition) is 1. The second kappa shape index (κ2) is 10.5. The predicted octanol–water partition coefficient (Wildman–Crippen LogP) is 4.08. The largest absolute Gasteiger partial charge is 0.492 e. The number of halogens is 1. The van der Waals surface area contributed by atoms with Crippen molar-refractivity contribution >= 4 is 23.5 Å². The van der Waals surface area contributed by atoms with Gasteiger partial charge < -0.3 is 19.7 Å². The summed E-state index contributed by atoms with van der Waals surface area (Å²) in [5, 5.41) is 16.7. The molecule has 39 heavy (non-hydrogen) atoms. The molecule has 0 radical (unpaired) electrons. The summed E-state index contributed by atoms with van der Waals surface area (Å²) < 4.78 is 21.0. The lowest BCUT2D eigenvalue weighted by atomic mass is 9.88. The zero-order valence-electron chi connectivity index (χ0n) is 21.6. The van der Waals surface area contributed by atoms with E-state index in [0.717, 1.165) is 23.2 Å². The van der Waals surface area contributed by atoms with Gasteiger partial charge in [-0.05, 0) is 62.6 Å². The van der Waals surface area contributed by atoms with Crippen molar-refractivity contribution in [2.24, 2.45) is 0 Å². The van der Waals surface area contributed by atoms with Crippen molar-refractivity contribution in [2.75, 3.05) is 24.6 Å². The Morgan fingerprint density at radius 3 is 2.69 bits per heavy atom. The number of anilines is 1. The van der Waals surface area contributed by atoms with Gasteiger partial charge in [0.05, 0.1) is 35.6 Å². The van der Waals surface area contributed by atoms with Gasteiger partial charge in [0.2, 0.25) is 0 Å². The molecule has 1 fully saturated rings. The van der Waals surface area contributed by atoms with E-state index in [1.54, 1.807) is 29.9 Å². The van der Waals surface area contributed by atoms with Crippen LogP contribution in [-0.2, 0) is 4.79 Å². The number of amides is 1. The molecule has 4 aromatic rings. The third-order valence-corrected chi connectivity index (χ3v) is 7.09. The number of piperidine rings is 1. The fraction of sp³-hybridized carbons (Fsp3) is 0.276. The monoisotopic (exact) mass is 526 g/mol. The Kier molecular flexibility index (Phi) is 6.98. The van der Waals surface area contributed by atoms with Gasteiger partial charge in [0.25, 0.3) is 5.91 Å². The molecule has 1 N–H and O–H groups in total. The van der Waals surface area contributed by atoms with E-state index in [1.165, 1.54) is 18.3 Å². The Bertz CT molecular complexity index is 1580. The lowest BCUT2D eigenvalue weighted by Gasteiger charge is -2.39. The molecule has 10 heteroatoms. The number of carbonyl (C=O) groups is 2. The Labute approximate surface area is 224 Å². The van der Waals surface area contributed by atoms with Gasteiger partial charge in [0.1, 0.15) is 29.7 Å². The molecule has 1 aromatic carbocycles. The molecule has 1 aliphatic heterocycles. The molecule has 9 nitrogen and oxygen atoms in total. The first-order chi connectivity index (χ1) is 18.9. The first kappa shape index (κ1) is 25.9. The number of aromatic nitrogens is 3. The van der Waals surface area contributed by atoms with E-state index in [0.29, 0.717) is 54.9 Å². The number of pyridine rings is 2. The van der Waals surface area contributed by atoms with Crippen LogP contribution >= 0.6 is 0 Å². The minimum atomic E-state index is -1.03. The lowest BCUT2D eigenvalue weighted by molar-refractivity contribution is -0.113. The van der Waals surface area contributed by atoms with E-state index in [1.807, 2.05) is 25.1 Å². The summed E-state index contributed by atoms with van der Waals surface area (Å²) in [5.74, 6) is 0.398. The number of benzene rings is 1. The van der Waals surface area contributed by atoms with E-state index in [4.69, 9.17) is 4.74 Å². The molecule has 0 aliphatic carbocycles. The van der Waals surface area contributed by atoms with Gasteiger partial charge in [0.15, 0.2) is 0 Å². The highest BCUT2D eigenvalue weighted by molar-refractivity contribution is 5.97. The van der Waals surface area contributed by atoms with Crippen molar-refractivity contribution in [3.8, 4) is 22.9 Å². The number of aldehydes is 1. The normalized spacial score (nSPS) is 14.6. The summed E-state index contributed by atoms with van der Waals surface area (Å²) in [7, 11) is 0. The quantitative estimate of drug-likeness (QED) is 0.361. The van der Waals surface area contributed by atoms with Gasteiger partial charge >= 0.3 is 0 Å². The van der Waals surface area contributed by atoms with Crippen LogP contribution in [0.1, 0.15) is 41.3 Å². The van der Waals surface area contributed by atoms with Gasteiger partial charge in [0, 0.05) is 36.0 Å². The molecule has 0 bridgehead atoms. The molecule has 1 aliphatic rings. The second-order valence-corrected chi connectivity index (χ2v) is 9.57. The van der Waals surface area contributed by atoms with E-state index >= 15 is 0 Å². The topological polar surface area (TPSA) is 113 Å². The van der Waals surface area contributed by atoms with Crippen LogP contribution in [0, 0.1) is 24.1 Å². The third kappa shape index (κ3) is 5.03. The first-order valence-electron chi connectivity index (χ1n) is 12.7. The van der Waals surface area contributed by atoms with E-state index in [9.17, 15) is 19.2 Å². The van der Waals surface area contributed by atoms with Gasteiger partial charge in [-0.15, -0.1) is 0 Å². The summed E-state index contributed by atoms with van der Waals surface area (Å²) in [6.07, 6.45) is 6.56. The number of aryl methyl sites for hydroxylation is 1. The van der Waals surface area contributed by atoms with Crippen LogP contribution in [0.25, 0.3) is 16.6 Å².